The molecule has 0 bridgehead atoms. The average molecular weight is 745 g/mol. The maximum atomic E-state index is 2.67. The summed E-state index contributed by atoms with van der Waals surface area (Å²) in [5.74, 6) is 0. The van der Waals surface area contributed by atoms with Crippen LogP contribution >= 0.6 is 0 Å². The normalized spacial score (nSPS) is 28.1. The monoisotopic (exact) mass is 744 g/mol. The highest BCUT2D eigenvalue weighted by Gasteiger charge is 2.65. The Hall–Kier alpha value is -5.08. The number of anilines is 4. The predicted octanol–water partition coefficient (Wildman–Crippen LogP) is 14.6. The molecule has 0 spiro atoms. The van der Waals surface area contributed by atoms with Crippen molar-refractivity contribution in [2.45, 2.75) is 109 Å². The van der Waals surface area contributed by atoms with Crippen molar-refractivity contribution in [3.05, 3.63) is 156 Å². The first kappa shape index (κ1) is 35.1. The van der Waals surface area contributed by atoms with Crippen LogP contribution < -0.4 is 9.80 Å². The van der Waals surface area contributed by atoms with E-state index < -0.39 is 0 Å². The fourth-order valence-electron chi connectivity index (χ4n) is 13.9. The van der Waals surface area contributed by atoms with E-state index in [4.69, 9.17) is 0 Å². The van der Waals surface area contributed by atoms with Crippen LogP contribution in [0.3, 0.4) is 0 Å². The van der Waals surface area contributed by atoms with Crippen molar-refractivity contribution in [1.82, 2.24) is 0 Å². The Morgan fingerprint density at radius 1 is 0.386 bits per heavy atom. The lowest BCUT2D eigenvalue weighted by Gasteiger charge is -2.42. The van der Waals surface area contributed by atoms with Crippen LogP contribution in [0.4, 0.5) is 22.7 Å². The van der Waals surface area contributed by atoms with Crippen LogP contribution in [0.1, 0.15) is 103 Å². The van der Waals surface area contributed by atoms with Crippen molar-refractivity contribution in [3.8, 4) is 33.4 Å². The smallest absolute Gasteiger partial charge is 0.0523 e. The number of rotatable bonds is 4. The van der Waals surface area contributed by atoms with Gasteiger partial charge in [-0.2, -0.15) is 0 Å². The van der Waals surface area contributed by atoms with E-state index in [0.29, 0.717) is 0 Å². The van der Waals surface area contributed by atoms with Gasteiger partial charge < -0.3 is 9.80 Å². The SMILES string of the molecule is CC1(C)CC2(C)c3cc(-c4ccc5c(c4)Cc4cc(-c6ccc7c(c6)C6(C)CC(C)(C)CC6(C)N7c6ccccc6)ccc4-5)ccc3N(c3ccccc3)C2(C)C1. The van der Waals surface area contributed by atoms with Crippen molar-refractivity contribution in [1.29, 1.82) is 0 Å². The lowest BCUT2D eigenvalue weighted by atomic mass is 9.71. The summed E-state index contributed by atoms with van der Waals surface area (Å²) in [5, 5.41) is 0. The van der Waals surface area contributed by atoms with Crippen LogP contribution in [0.5, 0.6) is 0 Å². The molecule has 4 atom stereocenters. The summed E-state index contributed by atoms with van der Waals surface area (Å²) in [4.78, 5) is 5.34. The number of hydrogen-bond donors (Lipinski definition) is 0. The third-order valence-electron chi connectivity index (χ3n) is 15.9. The Labute approximate surface area is 340 Å². The Morgan fingerprint density at radius 3 is 1.16 bits per heavy atom. The van der Waals surface area contributed by atoms with E-state index in [9.17, 15) is 0 Å². The molecule has 6 aromatic rings. The Balaban J connectivity index is 0.932. The predicted molar refractivity (Wildman–Crippen MR) is 240 cm³/mol. The zero-order valence-corrected chi connectivity index (χ0v) is 35.1. The summed E-state index contributed by atoms with van der Waals surface area (Å²) in [5.41, 5.74) is 20.0. The zero-order valence-electron chi connectivity index (χ0n) is 35.1. The molecule has 2 fully saturated rings. The lowest BCUT2D eigenvalue weighted by molar-refractivity contribution is 0.330. The molecule has 286 valence electrons. The minimum atomic E-state index is 0.0152. The minimum absolute atomic E-state index is 0.0152. The second kappa shape index (κ2) is 11.3. The highest BCUT2D eigenvalue weighted by molar-refractivity contribution is 5.86. The fraction of sp³-hybridized carbons (Fsp3) is 0.345. The molecule has 5 aliphatic rings. The average Bonchev–Trinajstić information content (AvgIpc) is 3.81. The summed E-state index contributed by atoms with van der Waals surface area (Å²) in [6, 6.07) is 51.3. The van der Waals surface area contributed by atoms with Gasteiger partial charge in [0.05, 0.1) is 11.1 Å². The van der Waals surface area contributed by atoms with Gasteiger partial charge in [0.15, 0.2) is 0 Å². The molecule has 0 aromatic heterocycles. The molecule has 0 N–H and O–H groups in total. The van der Waals surface area contributed by atoms with E-state index in [1.807, 2.05) is 0 Å². The standard InChI is InChI=1S/C55H56N2/c1-50(2)32-52(5)46-30-38(21-25-48(46)56(54(52,7)34-50)42-15-11-9-12-16-42)36-19-23-44-40(27-36)29-41-28-37(20-24-45(41)44)39-22-26-49-47(31-39)53(6)33-51(3,4)35-55(53,8)57(49)43-17-13-10-14-18-43/h9-28,30-31H,29,32-35H2,1-8H3. The van der Waals surface area contributed by atoms with Crippen LogP contribution in [0.2, 0.25) is 0 Å². The van der Waals surface area contributed by atoms with Gasteiger partial charge in [-0.25, -0.2) is 0 Å². The quantitative estimate of drug-likeness (QED) is 0.177. The van der Waals surface area contributed by atoms with E-state index in [1.54, 1.807) is 0 Å². The van der Waals surface area contributed by atoms with Gasteiger partial charge >= 0.3 is 0 Å². The van der Waals surface area contributed by atoms with Gasteiger partial charge in [-0.15, -0.1) is 0 Å². The van der Waals surface area contributed by atoms with Crippen molar-refractivity contribution in [2.24, 2.45) is 10.8 Å². The first-order valence-electron chi connectivity index (χ1n) is 21.4. The second-order valence-electron chi connectivity index (χ2n) is 21.0. The van der Waals surface area contributed by atoms with Crippen molar-refractivity contribution >= 4 is 22.7 Å². The van der Waals surface area contributed by atoms with Gasteiger partial charge in [0, 0.05) is 33.6 Å². The molecule has 2 heteroatoms. The van der Waals surface area contributed by atoms with Crippen LogP contribution in [0.25, 0.3) is 33.4 Å². The van der Waals surface area contributed by atoms with Gasteiger partial charge in [0.25, 0.3) is 0 Å². The zero-order chi connectivity index (χ0) is 39.3. The molecule has 57 heavy (non-hydrogen) atoms. The molecule has 2 heterocycles. The van der Waals surface area contributed by atoms with Crippen LogP contribution in [-0.2, 0) is 17.3 Å². The highest BCUT2D eigenvalue weighted by Crippen LogP contribution is 2.68. The Kier molecular flexibility index (Phi) is 6.97. The van der Waals surface area contributed by atoms with E-state index >= 15 is 0 Å². The van der Waals surface area contributed by atoms with Gasteiger partial charge in [0.1, 0.15) is 0 Å². The largest absolute Gasteiger partial charge is 0.334 e. The first-order valence-corrected chi connectivity index (χ1v) is 21.4. The van der Waals surface area contributed by atoms with Gasteiger partial charge in [-0.1, -0.05) is 126 Å². The van der Waals surface area contributed by atoms with E-state index in [-0.39, 0.29) is 32.7 Å². The summed E-state index contributed by atoms with van der Waals surface area (Å²) in [7, 11) is 0. The fourth-order valence-corrected chi connectivity index (χ4v) is 13.9. The molecule has 2 nitrogen and oxygen atoms in total. The molecule has 3 aliphatic carbocycles. The Bertz CT molecular complexity index is 2450. The molecule has 2 saturated carbocycles. The van der Waals surface area contributed by atoms with Crippen molar-refractivity contribution < 1.29 is 0 Å². The summed E-state index contributed by atoms with van der Waals surface area (Å²) in [6.07, 6.45) is 5.68. The molecule has 0 radical (unpaired) electrons. The van der Waals surface area contributed by atoms with Crippen LogP contribution in [0.15, 0.2) is 133 Å². The summed E-state index contributed by atoms with van der Waals surface area (Å²) >= 11 is 0. The third-order valence-corrected chi connectivity index (χ3v) is 15.9. The number of para-hydroxylation sites is 2. The van der Waals surface area contributed by atoms with E-state index in [2.05, 4.69) is 199 Å². The minimum Gasteiger partial charge on any atom is -0.334 e. The van der Waals surface area contributed by atoms with E-state index in [0.717, 1.165) is 6.42 Å². The Morgan fingerprint density at radius 2 is 0.754 bits per heavy atom. The molecule has 0 saturated heterocycles. The number of fused-ring (bicyclic) bond motifs is 9. The van der Waals surface area contributed by atoms with Gasteiger partial charge in [0.2, 0.25) is 0 Å². The number of benzene rings is 6. The maximum Gasteiger partial charge on any atom is 0.0523 e. The van der Waals surface area contributed by atoms with Crippen molar-refractivity contribution in [2.75, 3.05) is 9.80 Å². The number of hydrogen-bond acceptors (Lipinski definition) is 2. The molecule has 0 amide bonds. The first-order chi connectivity index (χ1) is 27.1. The summed E-state index contributed by atoms with van der Waals surface area (Å²) in [6.45, 7) is 20.0. The molecular weight excluding hydrogens is 689 g/mol. The highest BCUT2D eigenvalue weighted by atomic mass is 15.3. The molecule has 6 aromatic carbocycles. The summed E-state index contributed by atoms with van der Waals surface area (Å²) < 4.78 is 0. The van der Waals surface area contributed by atoms with Gasteiger partial charge in [-0.3, -0.25) is 0 Å². The number of nitrogens with zero attached hydrogens (tertiary/aromatic N) is 2. The molecule has 2 aliphatic heterocycles. The van der Waals surface area contributed by atoms with Gasteiger partial charge in [-0.05, 0) is 161 Å². The van der Waals surface area contributed by atoms with Crippen LogP contribution in [-0.4, -0.2) is 11.1 Å². The third kappa shape index (κ3) is 4.71. The molecule has 4 unspecified atom stereocenters. The van der Waals surface area contributed by atoms with Crippen molar-refractivity contribution in [3.63, 3.8) is 0 Å². The van der Waals surface area contributed by atoms with Crippen LogP contribution in [0, 0.1) is 10.8 Å². The topological polar surface area (TPSA) is 6.48 Å². The lowest BCUT2D eigenvalue weighted by Crippen LogP contribution is -2.49. The second-order valence-corrected chi connectivity index (χ2v) is 21.0. The molecular formula is C55H56N2. The molecule has 11 rings (SSSR count). The van der Waals surface area contributed by atoms with E-state index in [1.165, 1.54) is 104 Å². The maximum absolute atomic E-state index is 2.67.